The SMILES string of the molecule is COc1cccc(CNC2CCCC(C)C2)c1F. The van der Waals surface area contributed by atoms with E-state index < -0.39 is 0 Å². The maximum absolute atomic E-state index is 13.9. The molecular weight excluding hydrogens is 229 g/mol. The van der Waals surface area contributed by atoms with Gasteiger partial charge in [-0.3, -0.25) is 0 Å². The molecule has 100 valence electrons. The van der Waals surface area contributed by atoms with Crippen LogP contribution in [0.15, 0.2) is 18.2 Å². The van der Waals surface area contributed by atoms with Crippen LogP contribution in [0.2, 0.25) is 0 Å². The van der Waals surface area contributed by atoms with Crippen LogP contribution in [0, 0.1) is 11.7 Å². The Morgan fingerprint density at radius 1 is 1.39 bits per heavy atom. The van der Waals surface area contributed by atoms with Gasteiger partial charge in [0.15, 0.2) is 11.6 Å². The summed E-state index contributed by atoms with van der Waals surface area (Å²) in [5, 5.41) is 3.46. The molecule has 1 aliphatic carbocycles. The van der Waals surface area contributed by atoms with Gasteiger partial charge >= 0.3 is 0 Å². The molecule has 3 heteroatoms. The van der Waals surface area contributed by atoms with E-state index >= 15 is 0 Å². The summed E-state index contributed by atoms with van der Waals surface area (Å²) in [7, 11) is 1.50. The van der Waals surface area contributed by atoms with Gasteiger partial charge in [0, 0.05) is 18.2 Å². The van der Waals surface area contributed by atoms with Crippen LogP contribution in [-0.2, 0) is 6.54 Å². The Balaban J connectivity index is 1.93. The summed E-state index contributed by atoms with van der Waals surface area (Å²) in [5.74, 6) is 0.870. The highest BCUT2D eigenvalue weighted by Crippen LogP contribution is 2.24. The molecule has 1 fully saturated rings. The van der Waals surface area contributed by atoms with Crippen LogP contribution in [0.1, 0.15) is 38.2 Å². The van der Waals surface area contributed by atoms with E-state index in [1.165, 1.54) is 32.8 Å². The Morgan fingerprint density at radius 2 is 2.22 bits per heavy atom. The van der Waals surface area contributed by atoms with Crippen molar-refractivity contribution in [3.63, 3.8) is 0 Å². The molecular formula is C15H22FNO. The predicted molar refractivity (Wildman–Crippen MR) is 71.2 cm³/mol. The van der Waals surface area contributed by atoms with Gasteiger partial charge in [-0.25, -0.2) is 4.39 Å². The number of nitrogens with one attached hydrogen (secondary N) is 1. The van der Waals surface area contributed by atoms with Crippen molar-refractivity contribution in [1.82, 2.24) is 5.32 Å². The summed E-state index contributed by atoms with van der Waals surface area (Å²) < 4.78 is 18.9. The Hall–Kier alpha value is -1.09. The van der Waals surface area contributed by atoms with Gasteiger partial charge in [0.1, 0.15) is 0 Å². The predicted octanol–water partition coefficient (Wildman–Crippen LogP) is 3.50. The summed E-state index contributed by atoms with van der Waals surface area (Å²) in [4.78, 5) is 0. The van der Waals surface area contributed by atoms with Crippen LogP contribution in [0.5, 0.6) is 5.75 Å². The molecule has 2 atom stereocenters. The van der Waals surface area contributed by atoms with E-state index in [0.29, 0.717) is 23.9 Å². The Morgan fingerprint density at radius 3 is 2.94 bits per heavy atom. The molecule has 0 saturated heterocycles. The first kappa shape index (κ1) is 13.3. The summed E-state index contributed by atoms with van der Waals surface area (Å²) >= 11 is 0. The van der Waals surface area contributed by atoms with Crippen LogP contribution < -0.4 is 10.1 Å². The lowest BCUT2D eigenvalue weighted by Crippen LogP contribution is -2.33. The fourth-order valence-electron chi connectivity index (χ4n) is 2.72. The highest BCUT2D eigenvalue weighted by molar-refractivity contribution is 5.30. The molecule has 1 saturated carbocycles. The largest absolute Gasteiger partial charge is 0.494 e. The standard InChI is InChI=1S/C15H22FNO/c1-11-5-3-7-13(9-11)17-10-12-6-4-8-14(18-2)15(12)16/h4,6,8,11,13,17H,3,5,7,9-10H2,1-2H3. The molecule has 1 aliphatic rings. The van der Waals surface area contributed by atoms with Crippen LogP contribution in [0.25, 0.3) is 0 Å². The van der Waals surface area contributed by atoms with Crippen LogP contribution >= 0.6 is 0 Å². The highest BCUT2D eigenvalue weighted by Gasteiger charge is 2.18. The van der Waals surface area contributed by atoms with E-state index in [-0.39, 0.29) is 5.82 Å². The van der Waals surface area contributed by atoms with Gasteiger partial charge in [0.25, 0.3) is 0 Å². The van der Waals surface area contributed by atoms with Crippen LogP contribution in [0.4, 0.5) is 4.39 Å². The molecule has 1 N–H and O–H groups in total. The van der Waals surface area contributed by atoms with Gasteiger partial charge in [0.05, 0.1) is 7.11 Å². The van der Waals surface area contributed by atoms with Gasteiger partial charge in [-0.05, 0) is 24.8 Å². The van der Waals surface area contributed by atoms with E-state index in [4.69, 9.17) is 4.74 Å². The van der Waals surface area contributed by atoms with Crippen molar-refractivity contribution in [3.8, 4) is 5.75 Å². The molecule has 2 nitrogen and oxygen atoms in total. The Labute approximate surface area is 109 Å². The zero-order valence-electron chi connectivity index (χ0n) is 11.2. The van der Waals surface area contributed by atoms with Crippen LogP contribution in [-0.4, -0.2) is 13.2 Å². The summed E-state index contributed by atoms with van der Waals surface area (Å²) in [6.45, 7) is 2.88. The fourth-order valence-corrected chi connectivity index (χ4v) is 2.72. The quantitative estimate of drug-likeness (QED) is 0.884. The van der Waals surface area contributed by atoms with E-state index in [1.807, 2.05) is 12.1 Å². The number of methoxy groups -OCH3 is 1. The second-order valence-electron chi connectivity index (χ2n) is 5.28. The van der Waals surface area contributed by atoms with Crippen molar-refractivity contribution >= 4 is 0 Å². The Bertz CT molecular complexity index is 394. The lowest BCUT2D eigenvalue weighted by molar-refractivity contribution is 0.299. The molecule has 0 radical (unpaired) electrons. The smallest absolute Gasteiger partial charge is 0.169 e. The molecule has 0 spiro atoms. The number of benzene rings is 1. The number of rotatable bonds is 4. The zero-order chi connectivity index (χ0) is 13.0. The minimum atomic E-state index is -0.239. The molecule has 1 aromatic rings. The lowest BCUT2D eigenvalue weighted by atomic mass is 9.87. The van der Waals surface area contributed by atoms with E-state index in [2.05, 4.69) is 12.2 Å². The first-order chi connectivity index (χ1) is 8.70. The van der Waals surface area contributed by atoms with Gasteiger partial charge in [-0.15, -0.1) is 0 Å². The molecule has 0 aromatic heterocycles. The third-order valence-electron chi connectivity index (χ3n) is 3.78. The van der Waals surface area contributed by atoms with Gasteiger partial charge in [-0.2, -0.15) is 0 Å². The third-order valence-corrected chi connectivity index (χ3v) is 3.78. The minimum Gasteiger partial charge on any atom is -0.494 e. The lowest BCUT2D eigenvalue weighted by Gasteiger charge is -2.27. The van der Waals surface area contributed by atoms with Crippen molar-refractivity contribution in [2.24, 2.45) is 5.92 Å². The molecule has 18 heavy (non-hydrogen) atoms. The van der Waals surface area contributed by atoms with Gasteiger partial charge in [0.2, 0.25) is 0 Å². The van der Waals surface area contributed by atoms with Gasteiger partial charge in [-0.1, -0.05) is 31.9 Å². The second kappa shape index (κ2) is 6.19. The monoisotopic (exact) mass is 251 g/mol. The first-order valence-corrected chi connectivity index (χ1v) is 6.75. The minimum absolute atomic E-state index is 0.239. The maximum atomic E-state index is 13.9. The van der Waals surface area contributed by atoms with Crippen molar-refractivity contribution in [2.75, 3.05) is 7.11 Å². The van der Waals surface area contributed by atoms with Gasteiger partial charge < -0.3 is 10.1 Å². The number of hydrogen-bond acceptors (Lipinski definition) is 2. The van der Waals surface area contributed by atoms with Crippen molar-refractivity contribution < 1.29 is 9.13 Å². The normalized spacial score (nSPS) is 23.9. The topological polar surface area (TPSA) is 21.3 Å². The maximum Gasteiger partial charge on any atom is 0.169 e. The Kier molecular flexibility index (Phi) is 4.59. The molecule has 0 bridgehead atoms. The molecule has 2 rings (SSSR count). The second-order valence-corrected chi connectivity index (χ2v) is 5.28. The van der Waals surface area contributed by atoms with Crippen molar-refractivity contribution in [1.29, 1.82) is 0 Å². The molecule has 0 amide bonds. The third kappa shape index (κ3) is 3.22. The molecule has 0 aliphatic heterocycles. The average molecular weight is 251 g/mol. The first-order valence-electron chi connectivity index (χ1n) is 6.75. The van der Waals surface area contributed by atoms with Crippen LogP contribution in [0.3, 0.4) is 0 Å². The number of ether oxygens (including phenoxy) is 1. The summed E-state index contributed by atoms with van der Waals surface area (Å²) in [5.41, 5.74) is 0.688. The molecule has 1 aromatic carbocycles. The average Bonchev–Trinajstić information content (AvgIpc) is 2.38. The van der Waals surface area contributed by atoms with E-state index in [1.54, 1.807) is 6.07 Å². The van der Waals surface area contributed by atoms with E-state index in [9.17, 15) is 4.39 Å². The summed E-state index contributed by atoms with van der Waals surface area (Å²) in [6.07, 6.45) is 5.01. The number of hydrogen-bond donors (Lipinski definition) is 1. The zero-order valence-corrected chi connectivity index (χ0v) is 11.2. The summed E-state index contributed by atoms with van der Waals surface area (Å²) in [6, 6.07) is 5.83. The van der Waals surface area contributed by atoms with Crippen molar-refractivity contribution in [3.05, 3.63) is 29.6 Å². The highest BCUT2D eigenvalue weighted by atomic mass is 19.1. The molecule has 2 unspecified atom stereocenters. The number of halogens is 1. The molecule has 0 heterocycles. The fraction of sp³-hybridized carbons (Fsp3) is 0.600. The van der Waals surface area contributed by atoms with Crippen molar-refractivity contribution in [2.45, 2.75) is 45.2 Å². The van der Waals surface area contributed by atoms with E-state index in [0.717, 1.165) is 5.92 Å².